The number of benzene rings is 2. The lowest BCUT2D eigenvalue weighted by Crippen LogP contribution is -2.17. The molecule has 1 unspecified atom stereocenters. The number of methoxy groups -OCH3 is 2. The Labute approximate surface area is 172 Å². The lowest BCUT2D eigenvalue weighted by Gasteiger charge is -2.22. The zero-order chi connectivity index (χ0) is 21.3. The molecule has 0 spiro atoms. The van der Waals surface area contributed by atoms with Crippen LogP contribution < -0.4 is 14.8 Å². The number of anilines is 1. The van der Waals surface area contributed by atoms with Gasteiger partial charge in [-0.05, 0) is 35.9 Å². The van der Waals surface area contributed by atoms with Crippen LogP contribution in [0, 0.1) is 11.6 Å². The molecule has 0 bridgehead atoms. The second kappa shape index (κ2) is 7.98. The molecule has 0 saturated heterocycles. The Bertz CT molecular complexity index is 1190. The Morgan fingerprint density at radius 1 is 0.933 bits per heavy atom. The van der Waals surface area contributed by atoms with Gasteiger partial charge in [0.25, 0.3) is 0 Å². The molecule has 4 rings (SSSR count). The van der Waals surface area contributed by atoms with Crippen molar-refractivity contribution in [3.63, 3.8) is 0 Å². The molecule has 6 nitrogen and oxygen atoms in total. The third kappa shape index (κ3) is 3.52. The van der Waals surface area contributed by atoms with Crippen LogP contribution in [0.5, 0.6) is 11.5 Å². The number of imidazole rings is 1. The number of halogens is 2. The molecule has 0 aliphatic heterocycles. The number of hydrogen-bond donors (Lipinski definition) is 1. The van der Waals surface area contributed by atoms with Gasteiger partial charge in [0.05, 0.1) is 19.6 Å². The van der Waals surface area contributed by atoms with Gasteiger partial charge in [0.2, 0.25) is 0 Å². The van der Waals surface area contributed by atoms with Gasteiger partial charge in [0.1, 0.15) is 40.5 Å². The van der Waals surface area contributed by atoms with Crippen molar-refractivity contribution in [1.82, 2.24) is 14.5 Å². The molecular weight excluding hydrogens is 390 g/mol. The number of ether oxygens (including phenoxy) is 2. The maximum Gasteiger partial charge on any atom is 0.149 e. The second-order valence-corrected chi connectivity index (χ2v) is 6.73. The predicted octanol–water partition coefficient (Wildman–Crippen LogP) is 4.47. The van der Waals surface area contributed by atoms with Gasteiger partial charge >= 0.3 is 0 Å². The molecule has 154 valence electrons. The van der Waals surface area contributed by atoms with E-state index in [2.05, 4.69) is 15.3 Å². The Kier molecular flexibility index (Phi) is 5.22. The fourth-order valence-corrected chi connectivity index (χ4v) is 3.42. The average Bonchev–Trinajstić information content (AvgIpc) is 3.19. The van der Waals surface area contributed by atoms with Crippen LogP contribution in [0.4, 0.5) is 14.5 Å². The zero-order valence-electron chi connectivity index (χ0n) is 16.7. The highest BCUT2D eigenvalue weighted by molar-refractivity contribution is 5.92. The minimum Gasteiger partial charge on any atom is -0.497 e. The van der Waals surface area contributed by atoms with Crippen molar-refractivity contribution in [3.8, 4) is 11.5 Å². The van der Waals surface area contributed by atoms with Gasteiger partial charge in [0, 0.05) is 37.4 Å². The van der Waals surface area contributed by atoms with E-state index in [9.17, 15) is 8.78 Å². The third-order valence-corrected chi connectivity index (χ3v) is 4.92. The van der Waals surface area contributed by atoms with Gasteiger partial charge < -0.3 is 19.4 Å². The van der Waals surface area contributed by atoms with Crippen LogP contribution in [-0.2, 0) is 7.05 Å². The Balaban J connectivity index is 1.89. The van der Waals surface area contributed by atoms with Crippen molar-refractivity contribution in [1.29, 1.82) is 0 Å². The number of pyridine rings is 1. The highest BCUT2D eigenvalue weighted by Crippen LogP contribution is 2.34. The fourth-order valence-electron chi connectivity index (χ4n) is 3.42. The molecule has 0 aliphatic carbocycles. The van der Waals surface area contributed by atoms with Gasteiger partial charge in [-0.25, -0.2) is 13.8 Å². The van der Waals surface area contributed by atoms with E-state index in [1.807, 2.05) is 29.9 Å². The van der Waals surface area contributed by atoms with Crippen LogP contribution in [0.3, 0.4) is 0 Å². The van der Waals surface area contributed by atoms with Crippen molar-refractivity contribution in [2.75, 3.05) is 19.5 Å². The molecule has 8 heteroatoms. The van der Waals surface area contributed by atoms with Gasteiger partial charge in [-0.3, -0.25) is 4.98 Å². The molecule has 1 atom stereocenters. The molecule has 30 heavy (non-hydrogen) atoms. The number of aryl methyl sites for hydroxylation is 1. The highest BCUT2D eigenvalue weighted by Gasteiger charge is 2.22. The summed E-state index contributed by atoms with van der Waals surface area (Å²) in [5, 5.41) is 3.39. The monoisotopic (exact) mass is 410 g/mol. The minimum atomic E-state index is -0.591. The van der Waals surface area contributed by atoms with E-state index in [0.717, 1.165) is 17.7 Å². The summed E-state index contributed by atoms with van der Waals surface area (Å²) < 4.78 is 41.5. The Morgan fingerprint density at radius 2 is 1.63 bits per heavy atom. The molecule has 0 aliphatic rings. The van der Waals surface area contributed by atoms with E-state index in [-0.39, 0.29) is 10.9 Å². The number of aromatic nitrogens is 3. The van der Waals surface area contributed by atoms with Crippen molar-refractivity contribution in [3.05, 3.63) is 78.0 Å². The molecule has 1 N–H and O–H groups in total. The summed E-state index contributed by atoms with van der Waals surface area (Å²) in [5.41, 5.74) is 1.14. The lowest BCUT2D eigenvalue weighted by atomic mass is 10.0. The summed E-state index contributed by atoms with van der Waals surface area (Å²) >= 11 is 0. The lowest BCUT2D eigenvalue weighted by molar-refractivity contribution is 0.393. The van der Waals surface area contributed by atoms with Crippen LogP contribution in [-0.4, -0.2) is 28.8 Å². The summed E-state index contributed by atoms with van der Waals surface area (Å²) in [4.78, 5) is 8.46. The largest absolute Gasteiger partial charge is 0.497 e. The summed E-state index contributed by atoms with van der Waals surface area (Å²) in [5.74, 6) is 0.715. The fraction of sp³-hybridized carbons (Fsp3) is 0.182. The second-order valence-electron chi connectivity index (χ2n) is 6.73. The molecule has 0 saturated carbocycles. The van der Waals surface area contributed by atoms with Gasteiger partial charge in [-0.15, -0.1) is 0 Å². The maximum atomic E-state index is 14.6. The van der Waals surface area contributed by atoms with Crippen LogP contribution in [0.1, 0.15) is 17.4 Å². The van der Waals surface area contributed by atoms with Crippen molar-refractivity contribution in [2.45, 2.75) is 6.04 Å². The minimum absolute atomic E-state index is 0.0400. The van der Waals surface area contributed by atoms with Gasteiger partial charge in [0.15, 0.2) is 0 Å². The van der Waals surface area contributed by atoms with Crippen molar-refractivity contribution < 1.29 is 18.3 Å². The Morgan fingerprint density at radius 3 is 2.27 bits per heavy atom. The van der Waals surface area contributed by atoms with Crippen LogP contribution in [0.15, 0.2) is 55.0 Å². The number of hydrogen-bond acceptors (Lipinski definition) is 5. The molecule has 0 radical (unpaired) electrons. The topological polar surface area (TPSA) is 61.2 Å². The summed E-state index contributed by atoms with van der Waals surface area (Å²) in [6.45, 7) is 0. The first-order valence-electron chi connectivity index (χ1n) is 9.21. The highest BCUT2D eigenvalue weighted by atomic mass is 19.1. The first-order valence-corrected chi connectivity index (χ1v) is 9.21. The number of nitrogens with zero attached hydrogens (tertiary/aromatic N) is 3. The molecule has 0 amide bonds. The average molecular weight is 410 g/mol. The molecule has 0 fully saturated rings. The Hall–Kier alpha value is -3.68. The van der Waals surface area contributed by atoms with Gasteiger partial charge in [-0.2, -0.15) is 0 Å². The standard InChI is InChI=1S/C22H20F2N4O2/c1-28-9-8-26-22(28)20(13-10-14(29-2)12-15(11-13)30-3)27-18-6-7-25-21-17(24)5-4-16(23)19(18)21/h4-12,20H,1-3H3,(H,25,27). The van der Waals surface area contributed by atoms with E-state index < -0.39 is 17.7 Å². The number of rotatable bonds is 6. The van der Waals surface area contributed by atoms with E-state index in [4.69, 9.17) is 9.47 Å². The molecule has 2 aromatic carbocycles. The summed E-state index contributed by atoms with van der Waals surface area (Å²) in [6.07, 6.45) is 4.92. The molecular formula is C22H20F2N4O2. The number of fused-ring (bicyclic) bond motifs is 1. The first-order chi connectivity index (χ1) is 14.5. The summed E-state index contributed by atoms with van der Waals surface area (Å²) in [6, 6.07) is 8.72. The quantitative estimate of drug-likeness (QED) is 0.508. The van der Waals surface area contributed by atoms with Crippen molar-refractivity contribution in [2.24, 2.45) is 7.05 Å². The molecule has 4 aromatic rings. The first kappa shape index (κ1) is 19.6. The van der Waals surface area contributed by atoms with Crippen LogP contribution >= 0.6 is 0 Å². The zero-order valence-corrected chi connectivity index (χ0v) is 16.7. The van der Waals surface area contributed by atoms with Crippen LogP contribution in [0.2, 0.25) is 0 Å². The smallest absolute Gasteiger partial charge is 0.149 e. The summed E-state index contributed by atoms with van der Waals surface area (Å²) in [7, 11) is 4.99. The molecule has 2 aromatic heterocycles. The maximum absolute atomic E-state index is 14.6. The SMILES string of the molecule is COc1cc(OC)cc(C(Nc2ccnc3c(F)ccc(F)c23)c2nccn2C)c1. The van der Waals surface area contributed by atoms with Crippen molar-refractivity contribution >= 4 is 16.6 Å². The van der Waals surface area contributed by atoms with E-state index in [1.54, 1.807) is 32.5 Å². The number of nitrogens with one attached hydrogen (secondary N) is 1. The van der Waals surface area contributed by atoms with Gasteiger partial charge in [-0.1, -0.05) is 0 Å². The van der Waals surface area contributed by atoms with E-state index in [0.29, 0.717) is 23.0 Å². The van der Waals surface area contributed by atoms with E-state index in [1.165, 1.54) is 6.20 Å². The normalized spacial score (nSPS) is 12.0. The van der Waals surface area contributed by atoms with E-state index >= 15 is 0 Å². The molecule has 2 heterocycles. The predicted molar refractivity (Wildman–Crippen MR) is 110 cm³/mol. The van der Waals surface area contributed by atoms with Crippen LogP contribution in [0.25, 0.3) is 10.9 Å². The third-order valence-electron chi connectivity index (χ3n) is 4.92.